The Labute approximate surface area is 78.5 Å². The summed E-state index contributed by atoms with van der Waals surface area (Å²) in [7, 11) is 0. The van der Waals surface area contributed by atoms with E-state index in [0.29, 0.717) is 0 Å². The van der Waals surface area contributed by atoms with Crippen molar-refractivity contribution in [2.24, 2.45) is 0 Å². The number of aromatic nitrogens is 1. The molecule has 1 aromatic heterocycles. The molecule has 0 radical (unpaired) electrons. The fourth-order valence-electron chi connectivity index (χ4n) is 1.01. The van der Waals surface area contributed by atoms with Crippen LogP contribution in [0.25, 0.3) is 11.1 Å². The zero-order valence-corrected chi connectivity index (χ0v) is 7.61. The highest BCUT2D eigenvalue weighted by Gasteiger charge is 2.14. The lowest BCUT2D eigenvalue weighted by molar-refractivity contribution is 0.513. The summed E-state index contributed by atoms with van der Waals surface area (Å²) in [6.07, 6.45) is 0. The van der Waals surface area contributed by atoms with Gasteiger partial charge in [0, 0.05) is 0 Å². The summed E-state index contributed by atoms with van der Waals surface area (Å²) in [4.78, 5) is 12.7. The normalized spacial score (nSPS) is 11.0. The first-order chi connectivity index (χ1) is 6.09. The summed E-state index contributed by atoms with van der Waals surface area (Å²) < 4.78 is 30.5. The second-order valence-electron chi connectivity index (χ2n) is 2.37. The first-order valence-corrected chi connectivity index (χ1v) is 4.05. The number of benzene rings is 1. The van der Waals surface area contributed by atoms with Gasteiger partial charge in [0.15, 0.2) is 17.2 Å². The third-order valence-corrected chi connectivity index (χ3v) is 2.14. The molecule has 0 saturated carbocycles. The van der Waals surface area contributed by atoms with Crippen LogP contribution in [0.1, 0.15) is 0 Å². The number of H-pyrrole nitrogens is 1. The maximum Gasteiger partial charge on any atom is 0.417 e. The predicted molar refractivity (Wildman–Crippen MR) is 44.5 cm³/mol. The number of hydrogen-bond donors (Lipinski definition) is 1. The minimum Gasteiger partial charge on any atom is -0.407 e. The summed E-state index contributed by atoms with van der Waals surface area (Å²) in [6.45, 7) is 0. The molecule has 0 bridgehead atoms. The highest BCUT2D eigenvalue weighted by molar-refractivity contribution is 9.10. The van der Waals surface area contributed by atoms with Gasteiger partial charge in [0.05, 0.1) is 4.47 Å². The average molecular weight is 250 g/mol. The molecule has 13 heavy (non-hydrogen) atoms. The lowest BCUT2D eigenvalue weighted by Crippen LogP contribution is -1.94. The van der Waals surface area contributed by atoms with Crippen LogP contribution in [0.5, 0.6) is 0 Å². The van der Waals surface area contributed by atoms with Crippen molar-refractivity contribution in [2.45, 2.75) is 0 Å². The van der Waals surface area contributed by atoms with Crippen molar-refractivity contribution in [3.8, 4) is 0 Å². The van der Waals surface area contributed by atoms with Crippen LogP contribution >= 0.6 is 15.9 Å². The lowest BCUT2D eigenvalue weighted by Gasteiger charge is -1.94. The van der Waals surface area contributed by atoms with Crippen molar-refractivity contribution in [2.75, 3.05) is 0 Å². The molecule has 0 saturated heterocycles. The zero-order chi connectivity index (χ0) is 9.59. The topological polar surface area (TPSA) is 46.0 Å². The lowest BCUT2D eigenvalue weighted by atomic mass is 10.3. The van der Waals surface area contributed by atoms with E-state index >= 15 is 0 Å². The second-order valence-corrected chi connectivity index (χ2v) is 3.23. The van der Waals surface area contributed by atoms with Gasteiger partial charge in [-0.15, -0.1) is 0 Å². The summed E-state index contributed by atoms with van der Waals surface area (Å²) >= 11 is 2.94. The van der Waals surface area contributed by atoms with Crippen LogP contribution in [-0.2, 0) is 0 Å². The first-order valence-electron chi connectivity index (χ1n) is 3.26. The Kier molecular flexibility index (Phi) is 1.73. The molecule has 2 aromatic rings. The SMILES string of the molecule is O=c1[nH]c2c(F)c(F)cc(Br)c2o1. The molecule has 1 N–H and O–H groups in total. The molecule has 0 amide bonds. The molecule has 1 heterocycles. The molecule has 3 nitrogen and oxygen atoms in total. The molecule has 2 rings (SSSR count). The Hall–Kier alpha value is -1.17. The van der Waals surface area contributed by atoms with Gasteiger partial charge in [-0.3, -0.25) is 4.98 Å². The van der Waals surface area contributed by atoms with Crippen LogP contribution < -0.4 is 5.76 Å². The molecule has 0 aliphatic rings. The van der Waals surface area contributed by atoms with Gasteiger partial charge in [0.2, 0.25) is 0 Å². The Morgan fingerprint density at radius 3 is 2.85 bits per heavy atom. The van der Waals surface area contributed by atoms with Crippen molar-refractivity contribution in [3.63, 3.8) is 0 Å². The van der Waals surface area contributed by atoms with E-state index in [9.17, 15) is 13.6 Å². The first kappa shape index (κ1) is 8.43. The van der Waals surface area contributed by atoms with E-state index < -0.39 is 17.4 Å². The number of nitrogens with one attached hydrogen (secondary N) is 1. The third-order valence-electron chi connectivity index (χ3n) is 1.55. The van der Waals surface area contributed by atoms with Crippen LogP contribution in [-0.4, -0.2) is 4.98 Å². The van der Waals surface area contributed by atoms with Gasteiger partial charge in [0.1, 0.15) is 5.52 Å². The quantitative estimate of drug-likeness (QED) is 0.728. The fraction of sp³-hybridized carbons (Fsp3) is 0. The molecule has 0 unspecified atom stereocenters. The largest absolute Gasteiger partial charge is 0.417 e. The summed E-state index contributed by atoms with van der Waals surface area (Å²) in [5.41, 5.74) is -0.291. The van der Waals surface area contributed by atoms with Crippen LogP contribution in [0.4, 0.5) is 8.78 Å². The minimum absolute atomic E-state index is 0.0242. The van der Waals surface area contributed by atoms with Crippen LogP contribution in [0.3, 0.4) is 0 Å². The molecule has 0 spiro atoms. The molecular weight excluding hydrogens is 248 g/mol. The van der Waals surface area contributed by atoms with Gasteiger partial charge in [-0.05, 0) is 22.0 Å². The molecule has 0 fully saturated rings. The molecule has 68 valence electrons. The molecule has 0 aliphatic carbocycles. The molecule has 0 atom stereocenters. The number of oxazole rings is 1. The van der Waals surface area contributed by atoms with Crippen molar-refractivity contribution in [1.29, 1.82) is 0 Å². The van der Waals surface area contributed by atoms with Crippen molar-refractivity contribution < 1.29 is 13.2 Å². The van der Waals surface area contributed by atoms with Crippen LogP contribution in [0.15, 0.2) is 19.8 Å². The number of hydrogen-bond acceptors (Lipinski definition) is 2. The molecule has 0 aliphatic heterocycles. The van der Waals surface area contributed by atoms with Crippen molar-refractivity contribution >= 4 is 27.0 Å². The summed E-state index contributed by atoms with van der Waals surface area (Å²) in [6, 6.07) is 0.897. The highest BCUT2D eigenvalue weighted by Crippen LogP contribution is 2.25. The predicted octanol–water partition coefficient (Wildman–Crippen LogP) is 2.16. The minimum atomic E-state index is -1.12. The Bertz CT molecular complexity index is 531. The van der Waals surface area contributed by atoms with Gasteiger partial charge in [-0.25, -0.2) is 13.6 Å². The number of rotatable bonds is 0. The second kappa shape index (κ2) is 2.66. The van der Waals surface area contributed by atoms with Gasteiger partial charge < -0.3 is 4.42 Å². The smallest absolute Gasteiger partial charge is 0.407 e. The van der Waals surface area contributed by atoms with E-state index in [1.807, 2.05) is 4.98 Å². The van der Waals surface area contributed by atoms with Crippen LogP contribution in [0, 0.1) is 11.6 Å². The standard InChI is InChI=1S/C7H2BrF2NO2/c8-2-1-3(9)4(10)5-6(2)13-7(12)11-5/h1H,(H,11,12). The summed E-state index contributed by atoms with van der Waals surface area (Å²) in [5.74, 6) is -2.99. The van der Waals surface area contributed by atoms with E-state index in [1.54, 1.807) is 0 Å². The van der Waals surface area contributed by atoms with E-state index in [4.69, 9.17) is 0 Å². The van der Waals surface area contributed by atoms with Gasteiger partial charge in [0.25, 0.3) is 0 Å². The summed E-state index contributed by atoms with van der Waals surface area (Å²) in [5, 5.41) is 0. The van der Waals surface area contributed by atoms with Gasteiger partial charge in [-0.2, -0.15) is 0 Å². The number of fused-ring (bicyclic) bond motifs is 1. The van der Waals surface area contributed by atoms with E-state index in [1.165, 1.54) is 0 Å². The maximum absolute atomic E-state index is 13.0. The van der Waals surface area contributed by atoms with Gasteiger partial charge >= 0.3 is 5.76 Å². The van der Waals surface area contributed by atoms with Crippen molar-refractivity contribution in [3.05, 3.63) is 32.7 Å². The maximum atomic E-state index is 13.0. The van der Waals surface area contributed by atoms with Crippen molar-refractivity contribution in [1.82, 2.24) is 4.98 Å². The Morgan fingerprint density at radius 1 is 1.46 bits per heavy atom. The number of halogens is 3. The third kappa shape index (κ3) is 1.17. The Balaban J connectivity index is 3.04. The van der Waals surface area contributed by atoms with Gasteiger partial charge in [-0.1, -0.05) is 0 Å². The monoisotopic (exact) mass is 249 g/mol. The van der Waals surface area contributed by atoms with E-state index in [2.05, 4.69) is 20.3 Å². The number of aromatic amines is 1. The fourth-order valence-corrected chi connectivity index (χ4v) is 1.49. The molecule has 6 heteroatoms. The Morgan fingerprint density at radius 2 is 2.15 bits per heavy atom. The highest BCUT2D eigenvalue weighted by atomic mass is 79.9. The zero-order valence-electron chi connectivity index (χ0n) is 6.03. The van der Waals surface area contributed by atoms with Crippen LogP contribution in [0.2, 0.25) is 0 Å². The molecule has 1 aromatic carbocycles. The van der Waals surface area contributed by atoms with E-state index in [-0.39, 0.29) is 15.6 Å². The molecular formula is C7H2BrF2NO2. The van der Waals surface area contributed by atoms with E-state index in [0.717, 1.165) is 6.07 Å². The average Bonchev–Trinajstić information content (AvgIpc) is 2.44.